The van der Waals surface area contributed by atoms with Gasteiger partial charge in [-0.15, -0.1) is 0 Å². The number of aryl methyl sites for hydroxylation is 1. The van der Waals surface area contributed by atoms with Crippen molar-refractivity contribution in [1.82, 2.24) is 15.1 Å². The Labute approximate surface area is 102 Å². The normalized spacial score (nSPS) is 10.9. The van der Waals surface area contributed by atoms with Crippen molar-refractivity contribution in [3.8, 4) is 0 Å². The van der Waals surface area contributed by atoms with Crippen LogP contribution < -0.4 is 5.32 Å². The Bertz CT molecular complexity index is 301. The van der Waals surface area contributed by atoms with E-state index < -0.39 is 0 Å². The number of halogens is 1. The minimum absolute atomic E-state index is 0.738. The smallest absolute Gasteiger partial charge is 0.0818 e. The summed E-state index contributed by atoms with van der Waals surface area (Å²) in [5.41, 5.74) is 1.12. The van der Waals surface area contributed by atoms with Crippen molar-refractivity contribution in [2.75, 3.05) is 26.8 Å². The fourth-order valence-corrected chi connectivity index (χ4v) is 1.78. The first kappa shape index (κ1) is 13.5. The number of nitrogens with zero attached hydrogens (tertiary/aromatic N) is 2. The lowest BCUT2D eigenvalue weighted by molar-refractivity contribution is 0.199. The van der Waals surface area contributed by atoms with Gasteiger partial charge in [0.25, 0.3) is 0 Å². The van der Waals surface area contributed by atoms with E-state index in [1.54, 1.807) is 13.3 Å². The van der Waals surface area contributed by atoms with E-state index >= 15 is 0 Å². The summed E-state index contributed by atoms with van der Waals surface area (Å²) in [6.07, 6.45) is 3.70. The molecular weight excluding hydrogens is 226 g/mol. The van der Waals surface area contributed by atoms with Crippen LogP contribution in [0.5, 0.6) is 0 Å². The highest BCUT2D eigenvalue weighted by molar-refractivity contribution is 6.31. The maximum Gasteiger partial charge on any atom is 0.0818 e. The number of hydrogen-bond donors (Lipinski definition) is 1. The van der Waals surface area contributed by atoms with E-state index in [4.69, 9.17) is 16.3 Å². The van der Waals surface area contributed by atoms with Crippen molar-refractivity contribution in [3.63, 3.8) is 0 Å². The number of rotatable bonds is 8. The molecule has 5 heteroatoms. The SMILES string of the molecule is CCCn1ncc(Cl)c1CCNCCOC. The third-order valence-electron chi connectivity index (χ3n) is 2.35. The van der Waals surface area contributed by atoms with Gasteiger partial charge in [0.15, 0.2) is 0 Å². The number of nitrogens with one attached hydrogen (secondary N) is 1. The molecule has 0 saturated carbocycles. The summed E-state index contributed by atoms with van der Waals surface area (Å²) >= 11 is 6.08. The molecule has 0 radical (unpaired) electrons. The van der Waals surface area contributed by atoms with Gasteiger partial charge in [0.2, 0.25) is 0 Å². The van der Waals surface area contributed by atoms with E-state index in [2.05, 4.69) is 17.3 Å². The van der Waals surface area contributed by atoms with Crippen LogP contribution in [-0.4, -0.2) is 36.6 Å². The van der Waals surface area contributed by atoms with Crippen LogP contribution in [0.1, 0.15) is 19.0 Å². The lowest BCUT2D eigenvalue weighted by Gasteiger charge is -2.07. The van der Waals surface area contributed by atoms with Gasteiger partial charge in [-0.25, -0.2) is 0 Å². The van der Waals surface area contributed by atoms with Gasteiger partial charge in [0, 0.05) is 33.2 Å². The second kappa shape index (κ2) is 7.65. The average Bonchev–Trinajstić information content (AvgIpc) is 2.61. The van der Waals surface area contributed by atoms with Crippen LogP contribution in [0.25, 0.3) is 0 Å². The van der Waals surface area contributed by atoms with Crippen LogP contribution in [0, 0.1) is 0 Å². The zero-order chi connectivity index (χ0) is 11.8. The fraction of sp³-hybridized carbons (Fsp3) is 0.727. The molecule has 1 rings (SSSR count). The second-order valence-corrected chi connectivity index (χ2v) is 4.06. The predicted octanol–water partition coefficient (Wildman–Crippen LogP) is 1.72. The van der Waals surface area contributed by atoms with Crippen molar-refractivity contribution in [1.29, 1.82) is 0 Å². The molecule has 4 nitrogen and oxygen atoms in total. The molecule has 0 unspecified atom stereocenters. The Morgan fingerprint density at radius 1 is 1.50 bits per heavy atom. The maximum absolute atomic E-state index is 6.08. The van der Waals surface area contributed by atoms with E-state index in [0.717, 1.165) is 49.8 Å². The van der Waals surface area contributed by atoms with Gasteiger partial charge >= 0.3 is 0 Å². The minimum atomic E-state index is 0.738. The van der Waals surface area contributed by atoms with Gasteiger partial charge in [-0.2, -0.15) is 5.10 Å². The molecule has 0 aromatic carbocycles. The van der Waals surface area contributed by atoms with Gasteiger partial charge in [0.1, 0.15) is 0 Å². The molecule has 0 bridgehead atoms. The van der Waals surface area contributed by atoms with Crippen molar-refractivity contribution in [2.24, 2.45) is 0 Å². The summed E-state index contributed by atoms with van der Waals surface area (Å²) in [6.45, 7) is 5.58. The second-order valence-electron chi connectivity index (χ2n) is 3.66. The molecule has 0 atom stereocenters. The highest BCUT2D eigenvalue weighted by Crippen LogP contribution is 2.15. The van der Waals surface area contributed by atoms with E-state index in [1.165, 1.54) is 0 Å². The summed E-state index contributed by atoms with van der Waals surface area (Å²) < 4.78 is 6.95. The minimum Gasteiger partial charge on any atom is -0.383 e. The first-order chi connectivity index (χ1) is 7.79. The number of hydrogen-bond acceptors (Lipinski definition) is 3. The van der Waals surface area contributed by atoms with Gasteiger partial charge in [0.05, 0.1) is 23.5 Å². The van der Waals surface area contributed by atoms with Crippen molar-refractivity contribution >= 4 is 11.6 Å². The molecule has 0 spiro atoms. The quantitative estimate of drug-likeness (QED) is 0.709. The number of methoxy groups -OCH3 is 1. The molecular formula is C11H20ClN3O. The largest absolute Gasteiger partial charge is 0.383 e. The Morgan fingerprint density at radius 3 is 3.00 bits per heavy atom. The van der Waals surface area contributed by atoms with E-state index in [-0.39, 0.29) is 0 Å². The summed E-state index contributed by atoms with van der Waals surface area (Å²) in [4.78, 5) is 0. The summed E-state index contributed by atoms with van der Waals surface area (Å²) in [5.74, 6) is 0. The van der Waals surface area contributed by atoms with E-state index in [0.29, 0.717) is 0 Å². The summed E-state index contributed by atoms with van der Waals surface area (Å²) in [7, 11) is 1.70. The predicted molar refractivity (Wildman–Crippen MR) is 66.0 cm³/mol. The number of ether oxygens (including phenoxy) is 1. The standard InChI is InChI=1S/C11H20ClN3O/c1-3-7-15-11(10(12)9-14-15)4-5-13-6-8-16-2/h9,13H,3-8H2,1-2H3. The molecule has 0 saturated heterocycles. The molecule has 1 heterocycles. The highest BCUT2D eigenvalue weighted by atomic mass is 35.5. The van der Waals surface area contributed by atoms with Crippen molar-refractivity contribution < 1.29 is 4.74 Å². The molecule has 16 heavy (non-hydrogen) atoms. The Hall–Kier alpha value is -0.580. The summed E-state index contributed by atoms with van der Waals surface area (Å²) in [6, 6.07) is 0. The first-order valence-electron chi connectivity index (χ1n) is 5.69. The Balaban J connectivity index is 2.36. The molecule has 1 N–H and O–H groups in total. The van der Waals surface area contributed by atoms with Crippen LogP contribution in [0.4, 0.5) is 0 Å². The van der Waals surface area contributed by atoms with E-state index in [1.807, 2.05) is 4.68 Å². The fourth-order valence-electron chi connectivity index (χ4n) is 1.55. The van der Waals surface area contributed by atoms with Gasteiger partial charge in [-0.1, -0.05) is 18.5 Å². The van der Waals surface area contributed by atoms with Crippen LogP contribution >= 0.6 is 11.6 Å². The highest BCUT2D eigenvalue weighted by Gasteiger charge is 2.07. The average molecular weight is 246 g/mol. The number of aromatic nitrogens is 2. The molecule has 1 aromatic heterocycles. The monoisotopic (exact) mass is 245 g/mol. The summed E-state index contributed by atoms with van der Waals surface area (Å²) in [5, 5.41) is 8.31. The lowest BCUT2D eigenvalue weighted by Crippen LogP contribution is -2.22. The van der Waals surface area contributed by atoms with Crippen LogP contribution in [0.15, 0.2) is 6.20 Å². The van der Waals surface area contributed by atoms with Gasteiger partial charge < -0.3 is 10.1 Å². The topological polar surface area (TPSA) is 39.1 Å². The zero-order valence-corrected chi connectivity index (χ0v) is 10.8. The Morgan fingerprint density at radius 2 is 2.31 bits per heavy atom. The Kier molecular flexibility index (Phi) is 6.45. The van der Waals surface area contributed by atoms with E-state index in [9.17, 15) is 0 Å². The molecule has 0 aliphatic carbocycles. The zero-order valence-electron chi connectivity index (χ0n) is 10.0. The molecule has 0 aliphatic heterocycles. The molecule has 0 amide bonds. The van der Waals surface area contributed by atoms with Gasteiger partial charge in [-0.3, -0.25) is 4.68 Å². The van der Waals surface area contributed by atoms with Gasteiger partial charge in [-0.05, 0) is 6.42 Å². The molecule has 0 aliphatic rings. The van der Waals surface area contributed by atoms with Crippen LogP contribution in [0.2, 0.25) is 5.02 Å². The molecule has 1 aromatic rings. The van der Waals surface area contributed by atoms with Crippen molar-refractivity contribution in [2.45, 2.75) is 26.3 Å². The van der Waals surface area contributed by atoms with Crippen molar-refractivity contribution in [3.05, 3.63) is 16.9 Å². The third kappa shape index (κ3) is 4.12. The third-order valence-corrected chi connectivity index (χ3v) is 2.67. The molecule has 0 fully saturated rings. The first-order valence-corrected chi connectivity index (χ1v) is 6.07. The van der Waals surface area contributed by atoms with Crippen LogP contribution in [0.3, 0.4) is 0 Å². The lowest BCUT2D eigenvalue weighted by atomic mass is 10.3. The maximum atomic E-state index is 6.08. The van der Waals surface area contributed by atoms with Crippen LogP contribution in [-0.2, 0) is 17.7 Å². The molecule has 92 valence electrons.